The van der Waals surface area contributed by atoms with E-state index < -0.39 is 34.9 Å². The summed E-state index contributed by atoms with van der Waals surface area (Å²) >= 11 is 1.04. The molecule has 11 heteroatoms. The number of hydrogen-bond acceptors (Lipinski definition) is 6. The zero-order valence-corrected chi connectivity index (χ0v) is 22.0. The van der Waals surface area contributed by atoms with Crippen LogP contribution < -0.4 is 5.32 Å². The number of thiazole rings is 1. The van der Waals surface area contributed by atoms with Crippen molar-refractivity contribution in [3.8, 4) is 11.3 Å². The van der Waals surface area contributed by atoms with Crippen molar-refractivity contribution < 1.29 is 37.3 Å². The van der Waals surface area contributed by atoms with E-state index in [9.17, 15) is 18.4 Å². The number of aliphatic carboxylic acids is 1. The van der Waals surface area contributed by atoms with Crippen LogP contribution in [-0.4, -0.2) is 47.9 Å². The highest BCUT2D eigenvalue weighted by molar-refractivity contribution is 7.14. The van der Waals surface area contributed by atoms with E-state index >= 15 is 4.39 Å². The molecule has 1 atom stereocenters. The minimum Gasteiger partial charge on any atom is -0.478 e. The molecule has 7 nitrogen and oxygen atoms in total. The number of nitrogens with one attached hydrogen (secondary N) is 1. The number of carbonyl (C=O) groups excluding carboxylic acids is 1. The van der Waals surface area contributed by atoms with Gasteiger partial charge in [-0.1, -0.05) is 12.1 Å². The van der Waals surface area contributed by atoms with Crippen molar-refractivity contribution in [2.45, 2.75) is 38.7 Å². The van der Waals surface area contributed by atoms with Gasteiger partial charge in [0.1, 0.15) is 17.5 Å². The Balaban J connectivity index is 1.38. The van der Waals surface area contributed by atoms with Gasteiger partial charge in [0.25, 0.3) is 5.91 Å². The second-order valence-electron chi connectivity index (χ2n) is 9.07. The molecule has 3 aromatic rings. The van der Waals surface area contributed by atoms with Crippen LogP contribution >= 0.6 is 11.3 Å². The summed E-state index contributed by atoms with van der Waals surface area (Å²) in [5.74, 6) is -4.73. The molecule has 2 aromatic carbocycles. The summed E-state index contributed by atoms with van der Waals surface area (Å²) in [5.41, 5.74) is -0.0447. The number of nitrogens with zero attached hydrogens (tertiary/aromatic N) is 1. The molecular weight excluding hydrogens is 533 g/mol. The van der Waals surface area contributed by atoms with E-state index in [4.69, 9.17) is 14.6 Å². The lowest BCUT2D eigenvalue weighted by atomic mass is 10.0. The van der Waals surface area contributed by atoms with Crippen molar-refractivity contribution in [3.63, 3.8) is 0 Å². The number of carboxylic acid groups (broad SMARTS) is 1. The van der Waals surface area contributed by atoms with Crippen LogP contribution in [0.2, 0.25) is 0 Å². The third-order valence-electron chi connectivity index (χ3n) is 6.18. The van der Waals surface area contributed by atoms with E-state index in [0.717, 1.165) is 49.0 Å². The zero-order chi connectivity index (χ0) is 27.9. The van der Waals surface area contributed by atoms with Gasteiger partial charge >= 0.3 is 5.97 Å². The third kappa shape index (κ3) is 7.31. The van der Waals surface area contributed by atoms with E-state index in [0.29, 0.717) is 37.3 Å². The Labute approximate surface area is 227 Å². The van der Waals surface area contributed by atoms with Crippen molar-refractivity contribution in [3.05, 3.63) is 75.4 Å². The quantitative estimate of drug-likeness (QED) is 0.217. The van der Waals surface area contributed by atoms with Crippen LogP contribution in [0.25, 0.3) is 17.3 Å². The Kier molecular flexibility index (Phi) is 9.50. The summed E-state index contributed by atoms with van der Waals surface area (Å²) < 4.78 is 55.2. The van der Waals surface area contributed by atoms with Gasteiger partial charge < -0.3 is 14.6 Å². The maximum absolute atomic E-state index is 15.2. The number of benzene rings is 2. The Bertz CT molecular complexity index is 1360. The molecule has 206 valence electrons. The molecule has 0 spiro atoms. The molecule has 1 amide bonds. The molecule has 1 aliphatic rings. The van der Waals surface area contributed by atoms with E-state index in [-0.39, 0.29) is 27.9 Å². The zero-order valence-electron chi connectivity index (χ0n) is 21.1. The van der Waals surface area contributed by atoms with E-state index in [1.807, 2.05) is 0 Å². The highest BCUT2D eigenvalue weighted by Gasteiger charge is 2.18. The number of hydrogen-bond donors (Lipinski definition) is 2. The van der Waals surface area contributed by atoms with Crippen molar-refractivity contribution in [1.82, 2.24) is 4.98 Å². The standard InChI is InChI=1S/C28H27F3N2O5S/c1-16(27(35)36)11-21-22(29)12-18(13-23(21)30)26(34)33-28-32-24(15-39-28)20-8-2-5-17(25(20)31)6-3-9-37-14-19-7-4-10-38-19/h2,5,8,11-13,15,19H,3-4,6-7,9-10,14H2,1H3,(H,35,36)(H,32,33,34)/b16-11+. The summed E-state index contributed by atoms with van der Waals surface area (Å²) in [5, 5.41) is 13.1. The molecule has 4 rings (SSSR count). The molecule has 1 aromatic heterocycles. The topological polar surface area (TPSA) is 97.8 Å². The number of carbonyl (C=O) groups is 2. The third-order valence-corrected chi connectivity index (χ3v) is 6.94. The predicted molar refractivity (Wildman–Crippen MR) is 141 cm³/mol. The van der Waals surface area contributed by atoms with Gasteiger partial charge in [-0.25, -0.2) is 22.9 Å². The fourth-order valence-electron chi connectivity index (χ4n) is 4.08. The Hall–Kier alpha value is -3.54. The first kappa shape index (κ1) is 28.5. The van der Waals surface area contributed by atoms with Crippen LogP contribution in [0, 0.1) is 17.5 Å². The van der Waals surface area contributed by atoms with Crippen LogP contribution in [0.3, 0.4) is 0 Å². The smallest absolute Gasteiger partial charge is 0.331 e. The van der Waals surface area contributed by atoms with E-state index in [1.54, 1.807) is 23.6 Å². The van der Waals surface area contributed by atoms with Gasteiger partial charge in [-0.2, -0.15) is 0 Å². The lowest BCUT2D eigenvalue weighted by molar-refractivity contribution is -0.132. The second kappa shape index (κ2) is 13.0. The van der Waals surface area contributed by atoms with Crippen LogP contribution in [0.1, 0.15) is 47.7 Å². The number of anilines is 1. The van der Waals surface area contributed by atoms with Crippen LogP contribution in [0.4, 0.5) is 18.3 Å². The maximum Gasteiger partial charge on any atom is 0.331 e. The van der Waals surface area contributed by atoms with E-state index in [2.05, 4.69) is 10.3 Å². The van der Waals surface area contributed by atoms with Crippen LogP contribution in [0.15, 0.2) is 41.3 Å². The van der Waals surface area contributed by atoms with Crippen LogP contribution in [0.5, 0.6) is 0 Å². The predicted octanol–water partition coefficient (Wildman–Crippen LogP) is 6.10. The molecule has 0 aliphatic carbocycles. The van der Waals surface area contributed by atoms with Crippen LogP contribution in [-0.2, 0) is 20.7 Å². The Morgan fingerprint density at radius 1 is 1.26 bits per heavy atom. The molecule has 39 heavy (non-hydrogen) atoms. The SMILES string of the molecule is C/C(=C\c1c(F)cc(C(=O)Nc2nc(-c3cccc(CCCOCC4CCCO4)c3F)cs2)cc1F)C(=O)O. The van der Waals surface area contributed by atoms with Crippen molar-refractivity contribution >= 4 is 34.4 Å². The number of rotatable bonds is 11. The first-order chi connectivity index (χ1) is 18.7. The lowest BCUT2D eigenvalue weighted by Gasteiger charge is -2.10. The van der Waals surface area contributed by atoms with Gasteiger partial charge in [0.05, 0.1) is 18.4 Å². The molecule has 2 N–H and O–H groups in total. The molecular formula is C28H27F3N2O5S. The minimum atomic E-state index is -1.32. The Morgan fingerprint density at radius 2 is 2.03 bits per heavy atom. The largest absolute Gasteiger partial charge is 0.478 e. The molecule has 1 saturated heterocycles. The van der Waals surface area contributed by atoms with Gasteiger partial charge in [0.15, 0.2) is 5.13 Å². The average Bonchev–Trinajstić information content (AvgIpc) is 3.59. The highest BCUT2D eigenvalue weighted by Crippen LogP contribution is 2.29. The van der Waals surface area contributed by atoms with E-state index in [1.165, 1.54) is 6.92 Å². The first-order valence-corrected chi connectivity index (χ1v) is 13.3. The molecule has 2 heterocycles. The summed E-state index contributed by atoms with van der Waals surface area (Å²) in [4.78, 5) is 27.8. The fourth-order valence-corrected chi connectivity index (χ4v) is 4.79. The number of amides is 1. The number of ether oxygens (including phenoxy) is 2. The van der Waals surface area contributed by atoms with Gasteiger partial charge in [0, 0.05) is 40.9 Å². The number of carboxylic acids is 1. The maximum atomic E-state index is 15.2. The molecule has 1 aliphatic heterocycles. The van der Waals surface area contributed by atoms with Crippen molar-refractivity contribution in [2.24, 2.45) is 0 Å². The van der Waals surface area contributed by atoms with Gasteiger partial charge in [0.2, 0.25) is 0 Å². The monoisotopic (exact) mass is 560 g/mol. The van der Waals surface area contributed by atoms with Gasteiger partial charge in [-0.05, 0) is 62.4 Å². The highest BCUT2D eigenvalue weighted by atomic mass is 32.1. The molecule has 0 bridgehead atoms. The molecule has 1 fully saturated rings. The average molecular weight is 561 g/mol. The number of aryl methyl sites for hydroxylation is 1. The second-order valence-corrected chi connectivity index (χ2v) is 9.93. The lowest BCUT2D eigenvalue weighted by Crippen LogP contribution is -2.14. The number of aromatic nitrogens is 1. The van der Waals surface area contributed by atoms with Gasteiger partial charge in [-0.3, -0.25) is 10.1 Å². The summed E-state index contributed by atoms with van der Waals surface area (Å²) in [6, 6.07) is 6.63. The van der Waals surface area contributed by atoms with Crippen molar-refractivity contribution in [1.29, 1.82) is 0 Å². The molecule has 0 radical (unpaired) electrons. The molecule has 1 unspecified atom stereocenters. The van der Waals surface area contributed by atoms with Crippen molar-refractivity contribution in [2.75, 3.05) is 25.1 Å². The molecule has 0 saturated carbocycles. The fraction of sp³-hybridized carbons (Fsp3) is 0.321. The first-order valence-electron chi connectivity index (χ1n) is 12.4. The Morgan fingerprint density at radius 3 is 2.72 bits per heavy atom. The summed E-state index contributed by atoms with van der Waals surface area (Å²) in [6.07, 6.45) is 4.16. The minimum absolute atomic E-state index is 0.119. The summed E-state index contributed by atoms with van der Waals surface area (Å²) in [7, 11) is 0. The number of halogens is 3. The normalized spacial score (nSPS) is 15.5. The van der Waals surface area contributed by atoms with Gasteiger partial charge in [-0.15, -0.1) is 11.3 Å². The summed E-state index contributed by atoms with van der Waals surface area (Å²) in [6.45, 7) is 3.00.